The number of hydrogen-bond donors (Lipinski definition) is 1. The first-order valence-corrected chi connectivity index (χ1v) is 8.88. The third kappa shape index (κ3) is 4.68. The lowest BCUT2D eigenvalue weighted by Gasteiger charge is -2.14. The molecular weight excluding hydrogens is 399 g/mol. The van der Waals surface area contributed by atoms with Gasteiger partial charge in [0.05, 0.1) is 24.1 Å². The molecule has 0 aliphatic carbocycles. The number of aryl methyl sites for hydroxylation is 1. The van der Waals surface area contributed by atoms with Crippen LogP contribution in [0, 0.1) is 6.92 Å². The predicted octanol–water partition coefficient (Wildman–Crippen LogP) is 3.88. The number of rotatable bonds is 5. The van der Waals surface area contributed by atoms with Gasteiger partial charge in [-0.2, -0.15) is 18.3 Å². The molecule has 0 aliphatic heterocycles. The second-order valence-electron chi connectivity index (χ2n) is 6.49. The fraction of sp³-hybridized carbons (Fsp3) is 0.190. The lowest BCUT2D eigenvalue weighted by atomic mass is 10.1. The molecule has 0 fully saturated rings. The lowest BCUT2D eigenvalue weighted by molar-refractivity contribution is -0.137. The van der Waals surface area contributed by atoms with Gasteiger partial charge in [-0.05, 0) is 36.8 Å². The summed E-state index contributed by atoms with van der Waals surface area (Å²) in [4.78, 5) is 24.6. The Morgan fingerprint density at radius 2 is 1.87 bits per heavy atom. The van der Waals surface area contributed by atoms with Crippen molar-refractivity contribution < 1.29 is 22.7 Å². The van der Waals surface area contributed by atoms with Crippen molar-refractivity contribution in [1.82, 2.24) is 9.78 Å². The summed E-state index contributed by atoms with van der Waals surface area (Å²) >= 11 is 0. The molecule has 1 amide bonds. The molecule has 2 aromatic carbocycles. The number of aromatic nitrogens is 2. The van der Waals surface area contributed by atoms with Crippen LogP contribution in [0.2, 0.25) is 0 Å². The van der Waals surface area contributed by atoms with Gasteiger partial charge in [0.1, 0.15) is 12.3 Å². The van der Waals surface area contributed by atoms with E-state index in [-0.39, 0.29) is 11.4 Å². The summed E-state index contributed by atoms with van der Waals surface area (Å²) in [7, 11) is 1.27. The van der Waals surface area contributed by atoms with Crippen LogP contribution in [0.15, 0.2) is 59.4 Å². The Morgan fingerprint density at radius 3 is 2.53 bits per heavy atom. The summed E-state index contributed by atoms with van der Waals surface area (Å²) in [5, 5.41) is 6.57. The highest BCUT2D eigenvalue weighted by Gasteiger charge is 2.31. The van der Waals surface area contributed by atoms with Crippen LogP contribution in [0.25, 0.3) is 11.3 Å². The Kier molecular flexibility index (Phi) is 5.91. The second-order valence-corrected chi connectivity index (χ2v) is 6.49. The van der Waals surface area contributed by atoms with E-state index in [1.54, 1.807) is 6.07 Å². The first-order chi connectivity index (χ1) is 14.2. The van der Waals surface area contributed by atoms with Gasteiger partial charge < -0.3 is 10.1 Å². The lowest BCUT2D eigenvalue weighted by Crippen LogP contribution is -2.29. The maximum atomic E-state index is 13.0. The Hall–Kier alpha value is -3.62. The fourth-order valence-corrected chi connectivity index (χ4v) is 2.87. The molecule has 6 nitrogen and oxygen atoms in total. The molecule has 0 bridgehead atoms. The first kappa shape index (κ1) is 21.1. The number of methoxy groups -OCH3 is 1. The van der Waals surface area contributed by atoms with E-state index >= 15 is 0 Å². The maximum Gasteiger partial charge on any atom is 0.416 e. The number of benzene rings is 2. The van der Waals surface area contributed by atoms with Crippen LogP contribution in [0.4, 0.5) is 18.9 Å². The number of nitrogens with one attached hydrogen (secondary N) is 1. The van der Waals surface area contributed by atoms with E-state index in [0.717, 1.165) is 34.0 Å². The molecule has 1 heterocycles. The number of hydrogen-bond acceptors (Lipinski definition) is 4. The number of anilines is 1. The van der Waals surface area contributed by atoms with E-state index < -0.39 is 29.8 Å². The van der Waals surface area contributed by atoms with Crippen LogP contribution in [-0.4, -0.2) is 22.8 Å². The zero-order valence-corrected chi connectivity index (χ0v) is 16.2. The summed E-state index contributed by atoms with van der Waals surface area (Å²) in [6, 6.07) is 13.0. The van der Waals surface area contributed by atoms with Crippen LogP contribution in [0.3, 0.4) is 0 Å². The molecule has 0 unspecified atom stereocenters. The topological polar surface area (TPSA) is 73.2 Å². The predicted molar refractivity (Wildman–Crippen MR) is 105 cm³/mol. The minimum Gasteiger partial charge on any atom is -0.495 e. The van der Waals surface area contributed by atoms with Gasteiger partial charge in [-0.1, -0.05) is 24.3 Å². The van der Waals surface area contributed by atoms with E-state index in [1.165, 1.54) is 13.2 Å². The second kappa shape index (κ2) is 8.40. The van der Waals surface area contributed by atoms with Gasteiger partial charge in [-0.25, -0.2) is 4.68 Å². The SMILES string of the molecule is COc1ccc(C(F)(F)F)cc1NC(=O)Cn1nc(-c2ccccc2C)ccc1=O. The molecular formula is C21H18F3N3O3. The highest BCUT2D eigenvalue weighted by Crippen LogP contribution is 2.34. The van der Waals surface area contributed by atoms with E-state index in [0.29, 0.717) is 5.69 Å². The van der Waals surface area contributed by atoms with Crippen molar-refractivity contribution in [2.45, 2.75) is 19.6 Å². The van der Waals surface area contributed by atoms with Crippen LogP contribution in [-0.2, 0) is 17.5 Å². The van der Waals surface area contributed by atoms with Gasteiger partial charge in [0.2, 0.25) is 5.91 Å². The maximum absolute atomic E-state index is 13.0. The number of amides is 1. The van der Waals surface area contributed by atoms with Crippen molar-refractivity contribution in [3.63, 3.8) is 0 Å². The summed E-state index contributed by atoms with van der Waals surface area (Å²) in [5.41, 5.74) is 0.631. The zero-order chi connectivity index (χ0) is 21.9. The number of alkyl halides is 3. The minimum absolute atomic E-state index is 0.0605. The van der Waals surface area contributed by atoms with Gasteiger partial charge in [0, 0.05) is 11.6 Å². The van der Waals surface area contributed by atoms with Crippen molar-refractivity contribution in [2.75, 3.05) is 12.4 Å². The third-order valence-corrected chi connectivity index (χ3v) is 4.38. The molecule has 9 heteroatoms. The Labute approximate surface area is 169 Å². The molecule has 1 aromatic heterocycles. The molecule has 0 saturated carbocycles. The highest BCUT2D eigenvalue weighted by atomic mass is 19.4. The normalized spacial score (nSPS) is 11.2. The molecule has 1 N–H and O–H groups in total. The highest BCUT2D eigenvalue weighted by molar-refractivity contribution is 5.92. The van der Waals surface area contributed by atoms with Crippen molar-refractivity contribution >= 4 is 11.6 Å². The molecule has 0 atom stereocenters. The van der Waals surface area contributed by atoms with Crippen LogP contribution in [0.5, 0.6) is 5.75 Å². The monoisotopic (exact) mass is 417 g/mol. The van der Waals surface area contributed by atoms with Gasteiger partial charge in [-0.3, -0.25) is 9.59 Å². The van der Waals surface area contributed by atoms with Gasteiger partial charge in [-0.15, -0.1) is 0 Å². The van der Waals surface area contributed by atoms with E-state index in [1.807, 2.05) is 31.2 Å². The average Bonchev–Trinajstić information content (AvgIpc) is 2.69. The van der Waals surface area contributed by atoms with Gasteiger partial charge >= 0.3 is 6.18 Å². The number of halogens is 3. The molecule has 156 valence electrons. The number of carbonyl (C=O) groups excluding carboxylic acids is 1. The van der Waals surface area contributed by atoms with Crippen LogP contribution in [0.1, 0.15) is 11.1 Å². The van der Waals surface area contributed by atoms with Crippen molar-refractivity contribution in [3.8, 4) is 17.0 Å². The number of ether oxygens (including phenoxy) is 1. The van der Waals surface area contributed by atoms with Crippen molar-refractivity contribution in [2.24, 2.45) is 0 Å². The molecule has 3 aromatic rings. The average molecular weight is 417 g/mol. The Morgan fingerprint density at radius 1 is 1.13 bits per heavy atom. The summed E-state index contributed by atoms with van der Waals surface area (Å²) in [5.74, 6) is -0.658. The zero-order valence-electron chi connectivity index (χ0n) is 16.2. The first-order valence-electron chi connectivity index (χ1n) is 8.88. The largest absolute Gasteiger partial charge is 0.495 e. The smallest absolute Gasteiger partial charge is 0.416 e. The van der Waals surface area contributed by atoms with Gasteiger partial charge in [0.15, 0.2) is 0 Å². The quantitative estimate of drug-likeness (QED) is 0.684. The van der Waals surface area contributed by atoms with Gasteiger partial charge in [0.25, 0.3) is 5.56 Å². The third-order valence-electron chi connectivity index (χ3n) is 4.38. The van der Waals surface area contributed by atoms with Crippen LogP contribution < -0.4 is 15.6 Å². The minimum atomic E-state index is -4.58. The molecule has 0 aliphatic rings. The molecule has 0 saturated heterocycles. The van der Waals surface area contributed by atoms with E-state index in [4.69, 9.17) is 4.74 Å². The van der Waals surface area contributed by atoms with E-state index in [2.05, 4.69) is 10.4 Å². The van der Waals surface area contributed by atoms with Crippen LogP contribution >= 0.6 is 0 Å². The molecule has 0 spiro atoms. The number of nitrogens with zero attached hydrogens (tertiary/aromatic N) is 2. The Balaban J connectivity index is 1.86. The number of carbonyl (C=O) groups is 1. The Bertz CT molecular complexity index is 1140. The van der Waals surface area contributed by atoms with Crippen molar-refractivity contribution in [3.05, 3.63) is 76.1 Å². The molecule has 30 heavy (non-hydrogen) atoms. The molecule has 0 radical (unpaired) electrons. The fourth-order valence-electron chi connectivity index (χ4n) is 2.87. The standard InChI is InChI=1S/C21H18F3N3O3/c1-13-5-3-4-6-15(13)16-8-10-20(29)27(26-16)12-19(28)25-17-11-14(21(22,23)24)7-9-18(17)30-2/h3-11H,12H2,1-2H3,(H,25,28). The van der Waals surface area contributed by atoms with Crippen molar-refractivity contribution in [1.29, 1.82) is 0 Å². The summed E-state index contributed by atoms with van der Waals surface area (Å²) < 4.78 is 44.9. The summed E-state index contributed by atoms with van der Waals surface area (Å²) in [6.07, 6.45) is -4.58. The van der Waals surface area contributed by atoms with E-state index in [9.17, 15) is 22.8 Å². The summed E-state index contributed by atoms with van der Waals surface area (Å²) in [6.45, 7) is 1.41. The molecule has 3 rings (SSSR count).